The number of piperidine rings is 1. The molecule has 0 saturated carbocycles. The van der Waals surface area contributed by atoms with Crippen molar-refractivity contribution in [3.05, 3.63) is 51.5 Å². The van der Waals surface area contributed by atoms with Gasteiger partial charge in [-0.3, -0.25) is 9.78 Å². The zero-order valence-electron chi connectivity index (χ0n) is 14.0. The van der Waals surface area contributed by atoms with Crippen molar-refractivity contribution in [2.75, 3.05) is 20.2 Å². The molecule has 132 valence electrons. The monoisotopic (exact) mass is 380 g/mol. The van der Waals surface area contributed by atoms with Gasteiger partial charge in [0.15, 0.2) is 5.15 Å². The van der Waals surface area contributed by atoms with Gasteiger partial charge < -0.3 is 9.64 Å². The van der Waals surface area contributed by atoms with E-state index in [-0.39, 0.29) is 11.1 Å². The van der Waals surface area contributed by atoms with Gasteiger partial charge in [-0.2, -0.15) is 5.10 Å². The van der Waals surface area contributed by atoms with Crippen molar-refractivity contribution in [1.29, 1.82) is 0 Å². The topological polar surface area (TPSA) is 68.2 Å². The van der Waals surface area contributed by atoms with Crippen LogP contribution in [0.2, 0.25) is 10.2 Å². The lowest BCUT2D eigenvalue weighted by Gasteiger charge is -2.42. The van der Waals surface area contributed by atoms with Gasteiger partial charge in [0.25, 0.3) is 5.91 Å². The van der Waals surface area contributed by atoms with Crippen molar-refractivity contribution in [3.63, 3.8) is 0 Å². The molecular formula is C17H18Cl2N4O2. The summed E-state index contributed by atoms with van der Waals surface area (Å²) in [5.74, 6) is -0.149. The Balaban J connectivity index is 1.91. The van der Waals surface area contributed by atoms with E-state index >= 15 is 0 Å². The van der Waals surface area contributed by atoms with E-state index < -0.39 is 5.60 Å². The highest BCUT2D eigenvalue weighted by molar-refractivity contribution is 6.30. The first-order valence-corrected chi connectivity index (χ1v) is 8.66. The average molecular weight is 381 g/mol. The lowest BCUT2D eigenvalue weighted by atomic mass is 9.86. The SMILES string of the molecule is COC1(c2ncc(Cl)cc2C)CCCN(C(=O)c2cnnc(Cl)c2)C1. The number of ether oxygens (including phenoxy) is 1. The van der Waals surface area contributed by atoms with Crippen LogP contribution in [0.3, 0.4) is 0 Å². The molecule has 2 aromatic heterocycles. The van der Waals surface area contributed by atoms with Gasteiger partial charge in [-0.1, -0.05) is 23.2 Å². The normalized spacial score (nSPS) is 20.6. The summed E-state index contributed by atoms with van der Waals surface area (Å²) in [6.45, 7) is 2.98. The molecule has 0 bridgehead atoms. The maximum Gasteiger partial charge on any atom is 0.255 e. The number of hydrogen-bond donors (Lipinski definition) is 0. The Kier molecular flexibility index (Phi) is 5.22. The van der Waals surface area contributed by atoms with E-state index in [1.54, 1.807) is 18.2 Å². The molecule has 0 radical (unpaired) electrons. The highest BCUT2D eigenvalue weighted by Gasteiger charge is 2.41. The maximum absolute atomic E-state index is 12.8. The van der Waals surface area contributed by atoms with Gasteiger partial charge in [-0.25, -0.2) is 0 Å². The lowest BCUT2D eigenvalue weighted by Crippen LogP contribution is -2.50. The Morgan fingerprint density at radius 3 is 2.80 bits per heavy atom. The summed E-state index contributed by atoms with van der Waals surface area (Å²) in [5, 5.41) is 8.20. The standard InChI is InChI=1S/C17H18Cl2N4O2/c1-11-6-13(18)9-20-15(11)17(25-2)4-3-5-23(10-17)16(24)12-7-14(19)22-21-8-12/h6-9H,3-5,10H2,1-2H3. The summed E-state index contributed by atoms with van der Waals surface area (Å²) in [6.07, 6.45) is 4.61. The second-order valence-corrected chi connectivity index (χ2v) is 6.94. The van der Waals surface area contributed by atoms with Gasteiger partial charge in [0.05, 0.1) is 29.0 Å². The number of hydrogen-bond acceptors (Lipinski definition) is 5. The highest BCUT2D eigenvalue weighted by Crippen LogP contribution is 2.36. The molecule has 2 aromatic rings. The molecule has 1 atom stereocenters. The fourth-order valence-electron chi connectivity index (χ4n) is 3.31. The van der Waals surface area contributed by atoms with E-state index in [0.717, 1.165) is 24.1 Å². The summed E-state index contributed by atoms with van der Waals surface area (Å²) in [4.78, 5) is 19.1. The van der Waals surface area contributed by atoms with Crippen LogP contribution in [0.4, 0.5) is 0 Å². The lowest BCUT2D eigenvalue weighted by molar-refractivity contribution is -0.0661. The van der Waals surface area contributed by atoms with E-state index in [9.17, 15) is 4.79 Å². The number of amides is 1. The number of halogens is 2. The molecule has 25 heavy (non-hydrogen) atoms. The van der Waals surface area contributed by atoms with Crippen LogP contribution < -0.4 is 0 Å². The largest absolute Gasteiger partial charge is 0.370 e. The summed E-state index contributed by atoms with van der Waals surface area (Å²) in [7, 11) is 1.65. The van der Waals surface area contributed by atoms with Crippen molar-refractivity contribution < 1.29 is 9.53 Å². The van der Waals surface area contributed by atoms with Gasteiger partial charge >= 0.3 is 0 Å². The Morgan fingerprint density at radius 1 is 1.32 bits per heavy atom. The Bertz CT molecular complexity index is 802. The molecule has 1 saturated heterocycles. The summed E-state index contributed by atoms with van der Waals surface area (Å²) < 4.78 is 5.87. The summed E-state index contributed by atoms with van der Waals surface area (Å²) in [5.41, 5.74) is 1.50. The predicted molar refractivity (Wildman–Crippen MR) is 94.9 cm³/mol. The summed E-state index contributed by atoms with van der Waals surface area (Å²) in [6, 6.07) is 3.38. The minimum Gasteiger partial charge on any atom is -0.370 e. The molecule has 8 heteroatoms. The zero-order valence-corrected chi connectivity index (χ0v) is 15.5. The van der Waals surface area contributed by atoms with Crippen molar-refractivity contribution in [1.82, 2.24) is 20.1 Å². The number of aryl methyl sites for hydroxylation is 1. The second-order valence-electron chi connectivity index (χ2n) is 6.11. The molecule has 1 fully saturated rings. The molecule has 0 spiro atoms. The number of methoxy groups -OCH3 is 1. The molecule has 1 amide bonds. The molecule has 1 unspecified atom stereocenters. The third kappa shape index (κ3) is 3.61. The molecular weight excluding hydrogens is 363 g/mol. The van der Waals surface area contributed by atoms with Crippen LogP contribution in [0.5, 0.6) is 0 Å². The number of aromatic nitrogens is 3. The minimum absolute atomic E-state index is 0.149. The number of carbonyl (C=O) groups is 1. The highest BCUT2D eigenvalue weighted by atomic mass is 35.5. The molecule has 0 aromatic carbocycles. The van der Waals surface area contributed by atoms with E-state index in [1.807, 2.05) is 13.0 Å². The van der Waals surface area contributed by atoms with E-state index in [4.69, 9.17) is 27.9 Å². The van der Waals surface area contributed by atoms with Gasteiger partial charge in [-0.15, -0.1) is 5.10 Å². The fraction of sp³-hybridized carbons (Fsp3) is 0.412. The smallest absolute Gasteiger partial charge is 0.255 e. The van der Waals surface area contributed by atoms with Crippen LogP contribution in [-0.2, 0) is 10.3 Å². The quantitative estimate of drug-likeness (QED) is 0.817. The van der Waals surface area contributed by atoms with Crippen LogP contribution in [0.25, 0.3) is 0 Å². The third-order valence-electron chi connectivity index (χ3n) is 4.48. The van der Waals surface area contributed by atoms with Crippen LogP contribution in [0.1, 0.15) is 34.5 Å². The van der Waals surface area contributed by atoms with Crippen molar-refractivity contribution in [2.24, 2.45) is 0 Å². The maximum atomic E-state index is 12.8. The average Bonchev–Trinajstić information content (AvgIpc) is 2.61. The second kappa shape index (κ2) is 7.23. The molecule has 3 heterocycles. The van der Waals surface area contributed by atoms with E-state index in [1.165, 1.54) is 12.3 Å². The number of carbonyl (C=O) groups excluding carboxylic acids is 1. The molecule has 1 aliphatic rings. The molecule has 0 aliphatic carbocycles. The van der Waals surface area contributed by atoms with Gasteiger partial charge in [0, 0.05) is 19.9 Å². The number of nitrogens with zero attached hydrogens (tertiary/aromatic N) is 4. The van der Waals surface area contributed by atoms with Crippen molar-refractivity contribution >= 4 is 29.1 Å². The van der Waals surface area contributed by atoms with Crippen molar-refractivity contribution in [2.45, 2.75) is 25.4 Å². The number of likely N-dealkylation sites (tertiary alicyclic amines) is 1. The van der Waals surface area contributed by atoms with Crippen molar-refractivity contribution in [3.8, 4) is 0 Å². The van der Waals surface area contributed by atoms with Gasteiger partial charge in [0.2, 0.25) is 0 Å². The van der Waals surface area contributed by atoms with Crippen LogP contribution in [-0.4, -0.2) is 46.2 Å². The van der Waals surface area contributed by atoms with Crippen LogP contribution in [0, 0.1) is 6.92 Å². The number of rotatable bonds is 3. The first-order chi connectivity index (χ1) is 11.9. The van der Waals surface area contributed by atoms with Crippen LogP contribution in [0.15, 0.2) is 24.5 Å². The Hall–Kier alpha value is -1.76. The zero-order chi connectivity index (χ0) is 18.0. The molecule has 1 aliphatic heterocycles. The number of pyridine rings is 1. The summed E-state index contributed by atoms with van der Waals surface area (Å²) >= 11 is 11.9. The van der Waals surface area contributed by atoms with Crippen LogP contribution >= 0.6 is 23.2 Å². The first kappa shape index (κ1) is 18.0. The fourth-order valence-corrected chi connectivity index (χ4v) is 3.68. The molecule has 0 N–H and O–H groups in total. The third-order valence-corrected chi connectivity index (χ3v) is 4.87. The first-order valence-electron chi connectivity index (χ1n) is 7.90. The Morgan fingerprint density at radius 2 is 2.12 bits per heavy atom. The predicted octanol–water partition coefficient (Wildman–Crippen LogP) is 3.26. The van der Waals surface area contributed by atoms with E-state index in [2.05, 4.69) is 15.2 Å². The van der Waals surface area contributed by atoms with Gasteiger partial charge in [0.1, 0.15) is 5.60 Å². The molecule has 3 rings (SSSR count). The van der Waals surface area contributed by atoms with E-state index in [0.29, 0.717) is 23.7 Å². The minimum atomic E-state index is -0.660. The Labute approximate surface area is 156 Å². The molecule has 6 nitrogen and oxygen atoms in total. The van der Waals surface area contributed by atoms with Gasteiger partial charge in [-0.05, 0) is 37.5 Å².